The van der Waals surface area contributed by atoms with Crippen LogP contribution in [0.4, 0.5) is 0 Å². The van der Waals surface area contributed by atoms with Gasteiger partial charge >= 0.3 is 0 Å². The van der Waals surface area contributed by atoms with Crippen LogP contribution < -0.4 is 0 Å². The molecule has 1 aromatic rings. The second kappa shape index (κ2) is 5.46. The molecule has 0 unspecified atom stereocenters. The van der Waals surface area contributed by atoms with Crippen molar-refractivity contribution in [1.29, 1.82) is 0 Å². The van der Waals surface area contributed by atoms with Crippen molar-refractivity contribution in [3.63, 3.8) is 0 Å². The van der Waals surface area contributed by atoms with Crippen LogP contribution in [0.15, 0.2) is 27.6 Å². The van der Waals surface area contributed by atoms with Crippen LogP contribution >= 0.6 is 27.5 Å². The molecule has 0 bridgehead atoms. The first kappa shape index (κ1) is 14.3. The zero-order chi connectivity index (χ0) is 13.3. The first-order valence-electron chi connectivity index (χ1n) is 5.54. The maximum Gasteiger partial charge on any atom is 0.243 e. The van der Waals surface area contributed by atoms with Gasteiger partial charge in [-0.05, 0) is 47.0 Å². The van der Waals surface area contributed by atoms with Gasteiger partial charge in [0.1, 0.15) is 0 Å². The van der Waals surface area contributed by atoms with Gasteiger partial charge in [0.05, 0.1) is 16.5 Å². The molecule has 1 aliphatic rings. The summed E-state index contributed by atoms with van der Waals surface area (Å²) < 4.78 is 26.7. The van der Waals surface area contributed by atoms with Gasteiger partial charge in [-0.1, -0.05) is 11.6 Å². The lowest BCUT2D eigenvalue weighted by molar-refractivity contribution is 0.213. The fourth-order valence-corrected chi connectivity index (χ4v) is 4.44. The summed E-state index contributed by atoms with van der Waals surface area (Å²) in [6.07, 6.45) is 1.48. The molecule has 1 atom stereocenters. The molecule has 0 saturated carbocycles. The highest BCUT2D eigenvalue weighted by molar-refractivity contribution is 9.10. The number of sulfonamides is 1. The lowest BCUT2D eigenvalue weighted by atomic mass is 10.2. The van der Waals surface area contributed by atoms with E-state index >= 15 is 0 Å². The van der Waals surface area contributed by atoms with Crippen LogP contribution in [0.25, 0.3) is 0 Å². The highest BCUT2D eigenvalue weighted by atomic mass is 79.9. The van der Waals surface area contributed by atoms with E-state index in [0.717, 1.165) is 6.42 Å². The van der Waals surface area contributed by atoms with Gasteiger partial charge in [-0.3, -0.25) is 0 Å². The SMILES string of the molecule is O=S(=O)(c1ccc(Cl)c(Br)c1)N1CCC[C@@H]1CO. The molecule has 18 heavy (non-hydrogen) atoms. The molecular formula is C11H13BrClNO3S. The Bertz CT molecular complexity index is 549. The minimum atomic E-state index is -3.55. The molecule has 0 aliphatic carbocycles. The monoisotopic (exact) mass is 353 g/mol. The molecule has 0 spiro atoms. The molecule has 1 aromatic carbocycles. The summed E-state index contributed by atoms with van der Waals surface area (Å²) in [6, 6.07) is 4.20. The van der Waals surface area contributed by atoms with Crippen molar-refractivity contribution < 1.29 is 13.5 Å². The van der Waals surface area contributed by atoms with Crippen LogP contribution in [0.3, 0.4) is 0 Å². The summed E-state index contributed by atoms with van der Waals surface area (Å²) >= 11 is 9.07. The molecular weight excluding hydrogens is 342 g/mol. The predicted molar refractivity (Wildman–Crippen MR) is 73.2 cm³/mol. The van der Waals surface area contributed by atoms with Crippen molar-refractivity contribution in [2.24, 2.45) is 0 Å². The standard InChI is InChI=1S/C11H13BrClNO3S/c12-10-6-9(3-4-11(10)13)18(16,17)14-5-1-2-8(14)7-15/h3-4,6,8,15H,1-2,5,7H2/t8-/m1/s1. The van der Waals surface area contributed by atoms with Crippen LogP contribution in [0.1, 0.15) is 12.8 Å². The maximum absolute atomic E-state index is 12.4. The molecule has 0 radical (unpaired) electrons. The summed E-state index contributed by atoms with van der Waals surface area (Å²) in [7, 11) is -3.55. The van der Waals surface area contributed by atoms with Gasteiger partial charge in [-0.25, -0.2) is 8.42 Å². The highest BCUT2D eigenvalue weighted by Gasteiger charge is 2.34. The van der Waals surface area contributed by atoms with E-state index in [9.17, 15) is 13.5 Å². The van der Waals surface area contributed by atoms with Crippen molar-refractivity contribution in [3.05, 3.63) is 27.7 Å². The summed E-state index contributed by atoms with van der Waals surface area (Å²) in [5.74, 6) is 0. The van der Waals surface area contributed by atoms with E-state index in [0.29, 0.717) is 22.5 Å². The van der Waals surface area contributed by atoms with E-state index in [1.54, 1.807) is 6.07 Å². The lowest BCUT2D eigenvalue weighted by Crippen LogP contribution is -2.37. The van der Waals surface area contributed by atoms with E-state index in [4.69, 9.17) is 11.6 Å². The number of hydrogen-bond acceptors (Lipinski definition) is 3. The third kappa shape index (κ3) is 2.58. The van der Waals surface area contributed by atoms with Gasteiger partial charge in [0.2, 0.25) is 10.0 Å². The number of aliphatic hydroxyl groups is 1. The van der Waals surface area contributed by atoms with Gasteiger partial charge in [-0.15, -0.1) is 0 Å². The zero-order valence-electron chi connectivity index (χ0n) is 9.51. The Morgan fingerprint density at radius 1 is 1.50 bits per heavy atom. The number of nitrogens with zero attached hydrogens (tertiary/aromatic N) is 1. The fourth-order valence-electron chi connectivity index (χ4n) is 2.08. The second-order valence-electron chi connectivity index (χ2n) is 4.17. The van der Waals surface area contributed by atoms with Crippen molar-refractivity contribution in [2.75, 3.05) is 13.2 Å². The van der Waals surface area contributed by atoms with Crippen LogP contribution in [0.2, 0.25) is 5.02 Å². The summed E-state index contributed by atoms with van der Waals surface area (Å²) in [5, 5.41) is 9.68. The Hall–Kier alpha value is -0.140. The second-order valence-corrected chi connectivity index (χ2v) is 7.32. The molecule has 1 N–H and O–H groups in total. The average Bonchev–Trinajstić information content (AvgIpc) is 2.81. The van der Waals surface area contributed by atoms with Gasteiger partial charge in [0.15, 0.2) is 0 Å². The highest BCUT2D eigenvalue weighted by Crippen LogP contribution is 2.30. The minimum absolute atomic E-state index is 0.145. The Labute approximate surface area is 120 Å². The van der Waals surface area contributed by atoms with E-state index in [1.165, 1.54) is 16.4 Å². The number of rotatable bonds is 3. The summed E-state index contributed by atoms with van der Waals surface area (Å²) in [6.45, 7) is 0.307. The normalized spacial score (nSPS) is 21.4. The average molecular weight is 355 g/mol. The van der Waals surface area contributed by atoms with E-state index in [1.807, 2.05) is 0 Å². The molecule has 1 fully saturated rings. The first-order chi connectivity index (χ1) is 8.46. The molecule has 2 rings (SSSR count). The Morgan fingerprint density at radius 3 is 2.83 bits per heavy atom. The quantitative estimate of drug-likeness (QED) is 0.906. The van der Waals surface area contributed by atoms with Crippen LogP contribution in [-0.2, 0) is 10.0 Å². The lowest BCUT2D eigenvalue weighted by Gasteiger charge is -2.22. The summed E-state index contributed by atoms with van der Waals surface area (Å²) in [4.78, 5) is 0.194. The van der Waals surface area contributed by atoms with E-state index < -0.39 is 10.0 Å². The number of benzene rings is 1. The Balaban J connectivity index is 2.38. The van der Waals surface area contributed by atoms with Gasteiger partial charge in [0.25, 0.3) is 0 Å². The Morgan fingerprint density at radius 2 is 2.22 bits per heavy atom. The van der Waals surface area contributed by atoms with E-state index in [-0.39, 0.29) is 17.5 Å². The minimum Gasteiger partial charge on any atom is -0.395 e. The number of halogens is 2. The van der Waals surface area contributed by atoms with Crippen LogP contribution in [-0.4, -0.2) is 37.0 Å². The zero-order valence-corrected chi connectivity index (χ0v) is 12.7. The number of hydrogen-bond donors (Lipinski definition) is 1. The van der Waals surface area contributed by atoms with Gasteiger partial charge in [-0.2, -0.15) is 4.31 Å². The topological polar surface area (TPSA) is 57.6 Å². The van der Waals surface area contributed by atoms with Crippen LogP contribution in [0, 0.1) is 0 Å². The first-order valence-corrected chi connectivity index (χ1v) is 8.15. The molecule has 7 heteroatoms. The van der Waals surface area contributed by atoms with Crippen molar-refractivity contribution in [3.8, 4) is 0 Å². The predicted octanol–water partition coefficient (Wildman–Crippen LogP) is 2.25. The van der Waals surface area contributed by atoms with E-state index in [2.05, 4.69) is 15.9 Å². The third-order valence-corrected chi connectivity index (χ3v) is 6.19. The molecule has 1 heterocycles. The fraction of sp³-hybridized carbons (Fsp3) is 0.455. The molecule has 100 valence electrons. The van der Waals surface area contributed by atoms with Crippen molar-refractivity contribution >= 4 is 37.6 Å². The van der Waals surface area contributed by atoms with Crippen molar-refractivity contribution in [1.82, 2.24) is 4.31 Å². The molecule has 4 nitrogen and oxygen atoms in total. The Kier molecular flexibility index (Phi) is 4.33. The number of aliphatic hydroxyl groups excluding tert-OH is 1. The third-order valence-electron chi connectivity index (χ3n) is 3.03. The van der Waals surface area contributed by atoms with Gasteiger partial charge < -0.3 is 5.11 Å². The molecule has 1 aliphatic heterocycles. The van der Waals surface area contributed by atoms with Crippen molar-refractivity contribution in [2.45, 2.75) is 23.8 Å². The molecule has 1 saturated heterocycles. The smallest absolute Gasteiger partial charge is 0.243 e. The van der Waals surface area contributed by atoms with Gasteiger partial charge in [0, 0.05) is 17.1 Å². The largest absolute Gasteiger partial charge is 0.395 e. The molecule has 0 aromatic heterocycles. The maximum atomic E-state index is 12.4. The van der Waals surface area contributed by atoms with Crippen LogP contribution in [0.5, 0.6) is 0 Å². The molecule has 0 amide bonds. The summed E-state index contributed by atoms with van der Waals surface area (Å²) in [5.41, 5.74) is 0.